The van der Waals surface area contributed by atoms with Crippen LogP contribution in [-0.2, 0) is 0 Å². The Balaban J connectivity index is 1.98. The van der Waals surface area contributed by atoms with Gasteiger partial charge in [0.2, 0.25) is 0 Å². The third-order valence-corrected chi connectivity index (χ3v) is 3.67. The Bertz CT molecular complexity index is 554. The minimum Gasteiger partial charge on any atom is -0.423 e. The van der Waals surface area contributed by atoms with E-state index in [0.717, 1.165) is 49.7 Å². The fraction of sp³-hybridized carbons (Fsp3) is 0.533. The van der Waals surface area contributed by atoms with Gasteiger partial charge in [0.1, 0.15) is 5.52 Å². The highest BCUT2D eigenvalue weighted by Crippen LogP contribution is 2.29. The molecule has 102 valence electrons. The summed E-state index contributed by atoms with van der Waals surface area (Å²) in [6.45, 7) is 8.42. The lowest BCUT2D eigenvalue weighted by Gasteiger charge is -2.16. The fourth-order valence-corrected chi connectivity index (χ4v) is 2.59. The smallest absolute Gasteiger partial charge is 0.298 e. The van der Waals surface area contributed by atoms with Gasteiger partial charge in [-0.25, -0.2) is 0 Å². The molecule has 0 saturated carbocycles. The molecule has 1 aromatic carbocycles. The van der Waals surface area contributed by atoms with Gasteiger partial charge in [-0.1, -0.05) is 26.0 Å². The molecule has 1 saturated heterocycles. The summed E-state index contributed by atoms with van der Waals surface area (Å²) in [5.74, 6) is 0.454. The van der Waals surface area contributed by atoms with Crippen molar-refractivity contribution in [1.82, 2.24) is 10.3 Å². The molecule has 3 rings (SSSR count). The van der Waals surface area contributed by atoms with E-state index in [1.54, 1.807) is 0 Å². The van der Waals surface area contributed by atoms with Crippen LogP contribution in [0.3, 0.4) is 0 Å². The lowest BCUT2D eigenvalue weighted by atomic mass is 10.0. The maximum absolute atomic E-state index is 6.04. The number of rotatable bonds is 2. The summed E-state index contributed by atoms with van der Waals surface area (Å²) in [6, 6.07) is 7.00. The van der Waals surface area contributed by atoms with Crippen molar-refractivity contribution in [3.63, 3.8) is 0 Å². The van der Waals surface area contributed by atoms with Gasteiger partial charge in [0.25, 0.3) is 6.01 Å². The molecule has 0 atom stereocenters. The Kier molecular flexibility index (Phi) is 3.42. The summed E-state index contributed by atoms with van der Waals surface area (Å²) in [7, 11) is 0. The highest BCUT2D eigenvalue weighted by atomic mass is 16.4. The molecule has 1 aromatic heterocycles. The van der Waals surface area contributed by atoms with Gasteiger partial charge in [0.15, 0.2) is 5.58 Å². The first-order chi connectivity index (χ1) is 9.25. The van der Waals surface area contributed by atoms with Crippen molar-refractivity contribution in [1.29, 1.82) is 0 Å². The van der Waals surface area contributed by atoms with Gasteiger partial charge in [0.05, 0.1) is 0 Å². The van der Waals surface area contributed by atoms with Crippen LogP contribution in [0.4, 0.5) is 6.01 Å². The lowest BCUT2D eigenvalue weighted by Crippen LogP contribution is -2.27. The van der Waals surface area contributed by atoms with Crippen LogP contribution in [-0.4, -0.2) is 31.2 Å². The average molecular weight is 259 g/mol. The predicted octanol–water partition coefficient (Wildman–Crippen LogP) is 2.75. The average Bonchev–Trinajstić information content (AvgIpc) is 2.65. The van der Waals surface area contributed by atoms with E-state index in [2.05, 4.69) is 41.2 Å². The van der Waals surface area contributed by atoms with Crippen molar-refractivity contribution < 1.29 is 4.42 Å². The molecule has 4 heteroatoms. The predicted molar refractivity (Wildman–Crippen MR) is 77.8 cm³/mol. The lowest BCUT2D eigenvalue weighted by molar-refractivity contribution is 0.566. The molecule has 4 nitrogen and oxygen atoms in total. The number of nitrogens with one attached hydrogen (secondary N) is 1. The number of fused-ring (bicyclic) bond motifs is 1. The van der Waals surface area contributed by atoms with Crippen molar-refractivity contribution in [3.05, 3.63) is 23.8 Å². The van der Waals surface area contributed by atoms with Crippen molar-refractivity contribution in [3.8, 4) is 0 Å². The second-order valence-corrected chi connectivity index (χ2v) is 5.44. The molecule has 1 aliphatic rings. The largest absolute Gasteiger partial charge is 0.423 e. The summed E-state index contributed by atoms with van der Waals surface area (Å²) in [5.41, 5.74) is 3.16. The second kappa shape index (κ2) is 5.21. The Morgan fingerprint density at radius 2 is 2.16 bits per heavy atom. The summed E-state index contributed by atoms with van der Waals surface area (Å²) >= 11 is 0. The SMILES string of the molecule is CC(C)c1cccc2nc(N3CCCNCC3)oc12. The molecule has 0 spiro atoms. The first-order valence-electron chi connectivity index (χ1n) is 7.11. The van der Waals surface area contributed by atoms with Crippen LogP contribution < -0.4 is 10.2 Å². The third kappa shape index (κ3) is 2.45. The number of para-hydroxylation sites is 1. The maximum Gasteiger partial charge on any atom is 0.298 e. The van der Waals surface area contributed by atoms with Gasteiger partial charge in [0, 0.05) is 19.6 Å². The van der Waals surface area contributed by atoms with Gasteiger partial charge in [-0.3, -0.25) is 0 Å². The monoisotopic (exact) mass is 259 g/mol. The molecule has 2 aromatic rings. The number of anilines is 1. The molecule has 0 unspecified atom stereocenters. The van der Waals surface area contributed by atoms with Crippen LogP contribution in [0.15, 0.2) is 22.6 Å². The first kappa shape index (κ1) is 12.5. The zero-order valence-corrected chi connectivity index (χ0v) is 11.6. The molecular formula is C15H21N3O. The van der Waals surface area contributed by atoms with Crippen LogP contribution in [0.1, 0.15) is 31.7 Å². The van der Waals surface area contributed by atoms with E-state index in [0.29, 0.717) is 5.92 Å². The number of aromatic nitrogens is 1. The molecule has 0 amide bonds. The fourth-order valence-electron chi connectivity index (χ4n) is 2.59. The van der Waals surface area contributed by atoms with Gasteiger partial charge < -0.3 is 14.6 Å². The second-order valence-electron chi connectivity index (χ2n) is 5.44. The molecular weight excluding hydrogens is 238 g/mol. The molecule has 1 N–H and O–H groups in total. The molecule has 0 aliphatic carbocycles. The topological polar surface area (TPSA) is 41.3 Å². The Morgan fingerprint density at radius 1 is 1.26 bits per heavy atom. The summed E-state index contributed by atoms with van der Waals surface area (Å²) < 4.78 is 6.04. The summed E-state index contributed by atoms with van der Waals surface area (Å²) in [5, 5.41) is 3.40. The number of hydrogen-bond donors (Lipinski definition) is 1. The minimum absolute atomic E-state index is 0.454. The van der Waals surface area contributed by atoms with Crippen molar-refractivity contribution >= 4 is 17.1 Å². The standard InChI is InChI=1S/C15H21N3O/c1-11(2)12-5-3-6-13-14(12)19-15(17-13)18-9-4-7-16-8-10-18/h3,5-6,11,16H,4,7-10H2,1-2H3. The normalized spacial score (nSPS) is 17.1. The van der Waals surface area contributed by atoms with E-state index in [9.17, 15) is 0 Å². The minimum atomic E-state index is 0.454. The van der Waals surface area contributed by atoms with Gasteiger partial charge in [-0.15, -0.1) is 0 Å². The van der Waals surface area contributed by atoms with Crippen LogP contribution in [0.25, 0.3) is 11.1 Å². The van der Waals surface area contributed by atoms with Crippen LogP contribution >= 0.6 is 0 Å². The summed E-state index contributed by atoms with van der Waals surface area (Å²) in [4.78, 5) is 6.89. The number of oxazole rings is 1. The van der Waals surface area contributed by atoms with E-state index in [1.165, 1.54) is 5.56 Å². The summed E-state index contributed by atoms with van der Waals surface area (Å²) in [6.07, 6.45) is 1.13. The van der Waals surface area contributed by atoms with Crippen LogP contribution in [0.2, 0.25) is 0 Å². The van der Waals surface area contributed by atoms with Crippen molar-refractivity contribution in [2.24, 2.45) is 0 Å². The van der Waals surface area contributed by atoms with Gasteiger partial charge in [-0.2, -0.15) is 4.98 Å². The molecule has 0 bridgehead atoms. The highest BCUT2D eigenvalue weighted by Gasteiger charge is 2.17. The third-order valence-electron chi connectivity index (χ3n) is 3.67. The molecule has 0 radical (unpaired) electrons. The number of hydrogen-bond acceptors (Lipinski definition) is 4. The first-order valence-corrected chi connectivity index (χ1v) is 7.11. The van der Waals surface area contributed by atoms with Crippen LogP contribution in [0, 0.1) is 0 Å². The molecule has 2 heterocycles. The van der Waals surface area contributed by atoms with Gasteiger partial charge in [-0.05, 0) is 30.5 Å². The van der Waals surface area contributed by atoms with E-state index < -0.39 is 0 Å². The molecule has 1 aliphatic heterocycles. The van der Waals surface area contributed by atoms with Crippen molar-refractivity contribution in [2.45, 2.75) is 26.2 Å². The van der Waals surface area contributed by atoms with Gasteiger partial charge >= 0.3 is 0 Å². The Hall–Kier alpha value is -1.55. The highest BCUT2D eigenvalue weighted by molar-refractivity contribution is 5.78. The molecule has 1 fully saturated rings. The van der Waals surface area contributed by atoms with E-state index >= 15 is 0 Å². The quantitative estimate of drug-likeness (QED) is 0.900. The van der Waals surface area contributed by atoms with E-state index in [4.69, 9.17) is 4.42 Å². The van der Waals surface area contributed by atoms with E-state index in [-0.39, 0.29) is 0 Å². The van der Waals surface area contributed by atoms with E-state index in [1.807, 2.05) is 6.07 Å². The molecule has 19 heavy (non-hydrogen) atoms. The Labute approximate surface area is 113 Å². The van der Waals surface area contributed by atoms with Crippen molar-refractivity contribution in [2.75, 3.05) is 31.1 Å². The zero-order valence-electron chi connectivity index (χ0n) is 11.6. The number of benzene rings is 1. The Morgan fingerprint density at radius 3 is 3.00 bits per heavy atom. The van der Waals surface area contributed by atoms with Crippen LogP contribution in [0.5, 0.6) is 0 Å². The number of nitrogens with zero attached hydrogens (tertiary/aromatic N) is 2. The maximum atomic E-state index is 6.04. The zero-order chi connectivity index (χ0) is 13.2.